The molecule has 0 spiro atoms. The van der Waals surface area contributed by atoms with Crippen LogP contribution in [0.25, 0.3) is 11.1 Å². The molecule has 0 saturated carbocycles. The second-order valence-electron chi connectivity index (χ2n) is 4.41. The van der Waals surface area contributed by atoms with E-state index in [0.29, 0.717) is 11.1 Å². The summed E-state index contributed by atoms with van der Waals surface area (Å²) < 4.78 is 0.924. The first kappa shape index (κ1) is 12.8. The lowest BCUT2D eigenvalue weighted by atomic mass is 9.96. The van der Waals surface area contributed by atoms with E-state index in [1.807, 2.05) is 54.6 Å². The molecule has 0 saturated heterocycles. The Morgan fingerprint density at radius 3 is 1.75 bits per heavy atom. The van der Waals surface area contributed by atoms with Gasteiger partial charge in [-0.25, -0.2) is 0 Å². The predicted molar refractivity (Wildman–Crippen MR) is 80.5 cm³/mol. The summed E-state index contributed by atoms with van der Waals surface area (Å²) in [6.45, 7) is 0. The van der Waals surface area contributed by atoms with Gasteiger partial charge in [-0.3, -0.25) is 14.9 Å². The van der Waals surface area contributed by atoms with Gasteiger partial charge in [0.2, 0.25) is 0 Å². The molecule has 1 aliphatic rings. The van der Waals surface area contributed by atoms with Crippen LogP contribution in [-0.4, -0.2) is 11.8 Å². The highest BCUT2D eigenvalue weighted by Crippen LogP contribution is 2.31. The van der Waals surface area contributed by atoms with Gasteiger partial charge in [0.05, 0.1) is 11.1 Å². The van der Waals surface area contributed by atoms with E-state index < -0.39 is 0 Å². The van der Waals surface area contributed by atoms with Gasteiger partial charge in [0.15, 0.2) is 0 Å². The van der Waals surface area contributed by atoms with Crippen LogP contribution in [0.4, 0.5) is 0 Å². The van der Waals surface area contributed by atoms with Crippen molar-refractivity contribution in [1.82, 2.24) is 5.32 Å². The van der Waals surface area contributed by atoms with Crippen molar-refractivity contribution < 1.29 is 9.59 Å². The first-order valence-corrected chi connectivity index (χ1v) is 6.87. The van der Waals surface area contributed by atoms with Crippen molar-refractivity contribution in [2.24, 2.45) is 0 Å². The van der Waals surface area contributed by atoms with Gasteiger partial charge >= 0.3 is 0 Å². The Hall–Kier alpha value is -2.20. The van der Waals surface area contributed by atoms with E-state index in [1.54, 1.807) is 0 Å². The highest BCUT2D eigenvalue weighted by atomic mass is 79.9. The number of benzene rings is 2. The molecular formula is C16H10BrNO2. The van der Waals surface area contributed by atoms with E-state index in [4.69, 9.17) is 0 Å². The van der Waals surface area contributed by atoms with Crippen LogP contribution in [0.15, 0.2) is 59.1 Å². The van der Waals surface area contributed by atoms with E-state index in [9.17, 15) is 9.59 Å². The fourth-order valence-electron chi connectivity index (χ4n) is 2.23. The van der Waals surface area contributed by atoms with Crippen molar-refractivity contribution in [3.63, 3.8) is 0 Å². The zero-order valence-corrected chi connectivity index (χ0v) is 12.0. The predicted octanol–water partition coefficient (Wildman–Crippen LogP) is 3.02. The zero-order chi connectivity index (χ0) is 14.1. The van der Waals surface area contributed by atoms with Crippen molar-refractivity contribution >= 4 is 38.9 Å². The van der Waals surface area contributed by atoms with E-state index >= 15 is 0 Å². The van der Waals surface area contributed by atoms with Gasteiger partial charge in [0.1, 0.15) is 0 Å². The lowest BCUT2D eigenvalue weighted by Crippen LogP contribution is -2.22. The topological polar surface area (TPSA) is 46.2 Å². The maximum Gasteiger partial charge on any atom is 0.259 e. The molecule has 2 aromatic rings. The number of halogens is 1. The van der Waals surface area contributed by atoms with Crippen molar-refractivity contribution in [2.75, 3.05) is 0 Å². The smallest absolute Gasteiger partial charge is 0.259 e. The Morgan fingerprint density at radius 2 is 1.20 bits per heavy atom. The Balaban J connectivity index is 2.21. The standard InChI is InChI=1S/C16H10BrNO2/c17-12-8-6-11(7-9-12)14-13(15(19)18-16(14)20)10-4-2-1-3-5-10/h1-9H,(H,18,19,20). The first-order valence-electron chi connectivity index (χ1n) is 6.08. The summed E-state index contributed by atoms with van der Waals surface area (Å²) in [5.41, 5.74) is 2.33. The molecule has 0 aromatic heterocycles. The molecule has 98 valence electrons. The summed E-state index contributed by atoms with van der Waals surface area (Å²) in [4.78, 5) is 24.1. The van der Waals surface area contributed by atoms with Gasteiger partial charge in [-0.1, -0.05) is 58.4 Å². The molecular weight excluding hydrogens is 318 g/mol. The second-order valence-corrected chi connectivity index (χ2v) is 5.32. The lowest BCUT2D eigenvalue weighted by Gasteiger charge is -2.04. The van der Waals surface area contributed by atoms with E-state index in [1.165, 1.54) is 0 Å². The number of nitrogens with one attached hydrogen (secondary N) is 1. The Labute approximate surface area is 124 Å². The average Bonchev–Trinajstić information content (AvgIpc) is 2.75. The van der Waals surface area contributed by atoms with Crippen LogP contribution in [0.1, 0.15) is 11.1 Å². The number of hydrogen-bond acceptors (Lipinski definition) is 2. The zero-order valence-electron chi connectivity index (χ0n) is 10.4. The van der Waals surface area contributed by atoms with Gasteiger partial charge in [0.25, 0.3) is 11.8 Å². The lowest BCUT2D eigenvalue weighted by molar-refractivity contribution is -0.122. The molecule has 0 fully saturated rings. The molecule has 0 bridgehead atoms. The maximum atomic E-state index is 12.1. The average molecular weight is 328 g/mol. The van der Waals surface area contributed by atoms with Crippen molar-refractivity contribution in [3.05, 3.63) is 70.2 Å². The first-order chi connectivity index (χ1) is 9.66. The number of rotatable bonds is 2. The molecule has 3 nitrogen and oxygen atoms in total. The van der Waals surface area contributed by atoms with Crippen LogP contribution in [0.5, 0.6) is 0 Å². The molecule has 1 heterocycles. The SMILES string of the molecule is O=C1NC(=O)C(c2ccc(Br)cc2)=C1c1ccccc1. The van der Waals surface area contributed by atoms with Crippen LogP contribution in [0, 0.1) is 0 Å². The molecule has 2 aromatic carbocycles. The molecule has 4 heteroatoms. The minimum atomic E-state index is -0.351. The molecule has 0 atom stereocenters. The second kappa shape index (κ2) is 5.06. The molecule has 0 aliphatic carbocycles. The quantitative estimate of drug-likeness (QED) is 0.862. The van der Waals surface area contributed by atoms with Gasteiger partial charge in [-0.05, 0) is 23.3 Å². The Kier molecular flexibility index (Phi) is 3.24. The van der Waals surface area contributed by atoms with E-state index in [2.05, 4.69) is 21.2 Å². The monoisotopic (exact) mass is 327 g/mol. The summed E-state index contributed by atoms with van der Waals surface area (Å²) >= 11 is 3.36. The molecule has 2 amide bonds. The third kappa shape index (κ3) is 2.18. The van der Waals surface area contributed by atoms with Crippen molar-refractivity contribution in [1.29, 1.82) is 0 Å². The summed E-state index contributed by atoms with van der Waals surface area (Å²) in [6, 6.07) is 16.6. The minimum absolute atomic E-state index is 0.348. The van der Waals surface area contributed by atoms with Gasteiger partial charge < -0.3 is 0 Å². The number of carbonyl (C=O) groups excluding carboxylic acids is 2. The van der Waals surface area contributed by atoms with Gasteiger partial charge in [-0.2, -0.15) is 0 Å². The third-order valence-corrected chi connectivity index (χ3v) is 3.66. The van der Waals surface area contributed by atoms with Crippen LogP contribution in [0.2, 0.25) is 0 Å². The Morgan fingerprint density at radius 1 is 0.700 bits per heavy atom. The summed E-state index contributed by atoms with van der Waals surface area (Å²) in [5.74, 6) is -0.699. The summed E-state index contributed by atoms with van der Waals surface area (Å²) in [6.07, 6.45) is 0. The molecule has 1 N–H and O–H groups in total. The van der Waals surface area contributed by atoms with Gasteiger partial charge in [0, 0.05) is 4.47 Å². The molecule has 3 rings (SSSR count). The molecule has 0 unspecified atom stereocenters. The number of carbonyl (C=O) groups is 2. The van der Waals surface area contributed by atoms with Crippen LogP contribution in [0.3, 0.4) is 0 Å². The third-order valence-electron chi connectivity index (χ3n) is 3.13. The number of hydrogen-bond donors (Lipinski definition) is 1. The summed E-state index contributed by atoms with van der Waals surface area (Å²) in [5, 5.41) is 2.36. The maximum absolute atomic E-state index is 12.1. The highest BCUT2D eigenvalue weighted by molar-refractivity contribution is 9.10. The van der Waals surface area contributed by atoms with E-state index in [0.717, 1.165) is 15.6 Å². The molecule has 20 heavy (non-hydrogen) atoms. The van der Waals surface area contributed by atoms with Crippen LogP contribution >= 0.6 is 15.9 Å². The fraction of sp³-hybridized carbons (Fsp3) is 0. The minimum Gasteiger partial charge on any atom is -0.288 e. The van der Waals surface area contributed by atoms with Crippen molar-refractivity contribution in [2.45, 2.75) is 0 Å². The highest BCUT2D eigenvalue weighted by Gasteiger charge is 2.31. The fourth-order valence-corrected chi connectivity index (χ4v) is 2.49. The largest absolute Gasteiger partial charge is 0.288 e. The van der Waals surface area contributed by atoms with Crippen LogP contribution < -0.4 is 5.32 Å². The Bertz CT molecular complexity index is 718. The number of imide groups is 1. The summed E-state index contributed by atoms with van der Waals surface area (Å²) in [7, 11) is 0. The van der Waals surface area contributed by atoms with E-state index in [-0.39, 0.29) is 11.8 Å². The van der Waals surface area contributed by atoms with Gasteiger partial charge in [-0.15, -0.1) is 0 Å². The van der Waals surface area contributed by atoms with Crippen LogP contribution in [-0.2, 0) is 9.59 Å². The molecule has 0 radical (unpaired) electrons. The molecule has 1 aliphatic heterocycles. The number of amides is 2. The normalized spacial score (nSPS) is 14.7. The van der Waals surface area contributed by atoms with Crippen molar-refractivity contribution in [3.8, 4) is 0 Å².